The van der Waals surface area contributed by atoms with Gasteiger partial charge in [-0.3, -0.25) is 14.5 Å². The first kappa shape index (κ1) is 17.6. The van der Waals surface area contributed by atoms with Gasteiger partial charge in [0.05, 0.1) is 13.2 Å². The summed E-state index contributed by atoms with van der Waals surface area (Å²) < 4.78 is 5.39. The van der Waals surface area contributed by atoms with E-state index in [0.29, 0.717) is 31.5 Å². The summed E-state index contributed by atoms with van der Waals surface area (Å²) in [6.07, 6.45) is 0.389. The second-order valence-electron chi connectivity index (χ2n) is 6.12. The normalized spacial score (nSPS) is 21.4. The largest absolute Gasteiger partial charge is 0.379 e. The summed E-state index contributed by atoms with van der Waals surface area (Å²) >= 11 is 1.33. The van der Waals surface area contributed by atoms with Gasteiger partial charge in [0.2, 0.25) is 5.91 Å². The molecule has 126 valence electrons. The Morgan fingerprint density at radius 3 is 2.64 bits per heavy atom. The van der Waals surface area contributed by atoms with E-state index in [2.05, 4.69) is 24.1 Å². The number of hydrogen-bond donors (Lipinski definition) is 1. The number of hydrogen-bond acceptors (Lipinski definition) is 5. The molecule has 0 radical (unpaired) electrons. The Morgan fingerprint density at radius 1 is 1.32 bits per heavy atom. The molecular weight excluding hydrogens is 302 g/mol. The number of nitrogens with zero attached hydrogens (tertiary/aromatic N) is 2. The maximum absolute atomic E-state index is 12.0. The zero-order valence-electron chi connectivity index (χ0n) is 13.5. The molecule has 2 aliphatic rings. The number of nitrogens with one attached hydrogen (secondary N) is 1. The molecule has 1 N–H and O–H groups in total. The molecule has 0 unspecified atom stereocenters. The molecule has 22 heavy (non-hydrogen) atoms. The van der Waals surface area contributed by atoms with E-state index in [0.717, 1.165) is 38.6 Å². The molecule has 0 saturated carbocycles. The van der Waals surface area contributed by atoms with Crippen LogP contribution >= 0.6 is 11.8 Å². The first-order valence-corrected chi connectivity index (χ1v) is 9.06. The number of amides is 2. The van der Waals surface area contributed by atoms with Gasteiger partial charge >= 0.3 is 0 Å². The SMILES string of the molecule is CC(C)[C@@H](CNC(=O)CCN1CCSC1=O)N1CCOCC1. The lowest BCUT2D eigenvalue weighted by atomic mass is 10.0. The van der Waals surface area contributed by atoms with Crippen molar-refractivity contribution in [3.8, 4) is 0 Å². The fraction of sp³-hybridized carbons (Fsp3) is 0.867. The van der Waals surface area contributed by atoms with E-state index in [1.54, 1.807) is 4.90 Å². The summed E-state index contributed by atoms with van der Waals surface area (Å²) in [6.45, 7) is 9.73. The molecule has 2 amide bonds. The second-order valence-corrected chi connectivity index (χ2v) is 7.16. The molecule has 2 saturated heterocycles. The molecule has 6 nitrogen and oxygen atoms in total. The van der Waals surface area contributed by atoms with Gasteiger partial charge in [-0.1, -0.05) is 25.6 Å². The Kier molecular flexibility index (Phi) is 6.98. The standard InChI is InChI=1S/C15H27N3O3S/c1-12(2)13(17-5-8-21-9-6-17)11-16-14(19)3-4-18-7-10-22-15(18)20/h12-13H,3-11H2,1-2H3,(H,16,19)/t13-/m1/s1. The van der Waals surface area contributed by atoms with E-state index in [4.69, 9.17) is 4.74 Å². The predicted octanol–water partition coefficient (Wildman–Crippen LogP) is 1.02. The number of rotatable bonds is 7. The van der Waals surface area contributed by atoms with Crippen molar-refractivity contribution in [3.05, 3.63) is 0 Å². The van der Waals surface area contributed by atoms with Crippen LogP contribution in [0, 0.1) is 5.92 Å². The summed E-state index contributed by atoms with van der Waals surface area (Å²) in [5, 5.41) is 3.13. The molecule has 0 aromatic rings. The highest BCUT2D eigenvalue weighted by molar-refractivity contribution is 8.13. The van der Waals surface area contributed by atoms with Crippen LogP contribution < -0.4 is 5.32 Å². The van der Waals surface area contributed by atoms with Gasteiger partial charge in [0, 0.05) is 50.9 Å². The van der Waals surface area contributed by atoms with Crippen molar-refractivity contribution in [2.24, 2.45) is 5.92 Å². The fourth-order valence-electron chi connectivity index (χ4n) is 2.87. The van der Waals surface area contributed by atoms with Gasteiger partial charge in [-0.15, -0.1) is 0 Å². The van der Waals surface area contributed by atoms with Gasteiger partial charge < -0.3 is 15.0 Å². The Morgan fingerprint density at radius 2 is 2.05 bits per heavy atom. The van der Waals surface area contributed by atoms with Crippen LogP contribution in [-0.4, -0.2) is 78.7 Å². The lowest BCUT2D eigenvalue weighted by Crippen LogP contribution is -2.51. The molecule has 2 aliphatic heterocycles. The number of morpholine rings is 1. The molecule has 7 heteroatoms. The first-order chi connectivity index (χ1) is 10.6. The van der Waals surface area contributed by atoms with Gasteiger partial charge in [0.1, 0.15) is 0 Å². The maximum atomic E-state index is 12.0. The molecule has 2 heterocycles. The summed E-state index contributed by atoms with van der Waals surface area (Å²) in [4.78, 5) is 27.7. The second kappa shape index (κ2) is 8.74. The lowest BCUT2D eigenvalue weighted by molar-refractivity contribution is -0.121. The minimum absolute atomic E-state index is 0.0311. The highest BCUT2D eigenvalue weighted by Gasteiger charge is 2.25. The molecule has 0 bridgehead atoms. The smallest absolute Gasteiger partial charge is 0.281 e. The Bertz CT molecular complexity index is 386. The topological polar surface area (TPSA) is 61.9 Å². The number of ether oxygens (including phenoxy) is 1. The molecule has 0 aromatic heterocycles. The van der Waals surface area contributed by atoms with Crippen LogP contribution in [0.3, 0.4) is 0 Å². The van der Waals surface area contributed by atoms with E-state index in [1.165, 1.54) is 11.8 Å². The van der Waals surface area contributed by atoms with Gasteiger partial charge in [-0.2, -0.15) is 0 Å². The third-order valence-electron chi connectivity index (χ3n) is 4.25. The van der Waals surface area contributed by atoms with Crippen LogP contribution in [0.2, 0.25) is 0 Å². The molecule has 2 rings (SSSR count). The van der Waals surface area contributed by atoms with Crippen molar-refractivity contribution in [1.29, 1.82) is 0 Å². The number of thioether (sulfide) groups is 1. The molecule has 0 spiro atoms. The van der Waals surface area contributed by atoms with E-state index < -0.39 is 0 Å². The Hall–Kier alpha value is -0.790. The van der Waals surface area contributed by atoms with Gasteiger partial charge in [-0.05, 0) is 5.92 Å². The van der Waals surface area contributed by atoms with Crippen LogP contribution in [-0.2, 0) is 9.53 Å². The van der Waals surface area contributed by atoms with Crippen molar-refractivity contribution < 1.29 is 14.3 Å². The highest BCUT2D eigenvalue weighted by atomic mass is 32.2. The minimum atomic E-state index is 0.0311. The van der Waals surface area contributed by atoms with Gasteiger partial charge in [0.25, 0.3) is 5.24 Å². The predicted molar refractivity (Wildman–Crippen MR) is 88.1 cm³/mol. The highest BCUT2D eigenvalue weighted by Crippen LogP contribution is 2.17. The van der Waals surface area contributed by atoms with Crippen molar-refractivity contribution in [3.63, 3.8) is 0 Å². The minimum Gasteiger partial charge on any atom is -0.379 e. The van der Waals surface area contributed by atoms with E-state index in [1.807, 2.05) is 0 Å². The van der Waals surface area contributed by atoms with Crippen molar-refractivity contribution in [2.75, 3.05) is 51.7 Å². The van der Waals surface area contributed by atoms with E-state index in [-0.39, 0.29) is 11.1 Å². The quantitative estimate of drug-likeness (QED) is 0.755. The van der Waals surface area contributed by atoms with Gasteiger partial charge in [0.15, 0.2) is 0 Å². The summed E-state index contributed by atoms with van der Waals surface area (Å²) in [5.74, 6) is 1.35. The lowest BCUT2D eigenvalue weighted by Gasteiger charge is -2.37. The summed E-state index contributed by atoms with van der Waals surface area (Å²) in [7, 11) is 0. The zero-order valence-corrected chi connectivity index (χ0v) is 14.4. The number of carbonyl (C=O) groups excluding carboxylic acids is 2. The van der Waals surface area contributed by atoms with E-state index in [9.17, 15) is 9.59 Å². The third kappa shape index (κ3) is 5.14. The Labute approximate surface area is 136 Å². The van der Waals surface area contributed by atoms with Crippen LogP contribution in [0.5, 0.6) is 0 Å². The van der Waals surface area contributed by atoms with Crippen LogP contribution in [0.4, 0.5) is 4.79 Å². The summed E-state index contributed by atoms with van der Waals surface area (Å²) in [6, 6.07) is 0.344. The molecule has 0 aromatic carbocycles. The van der Waals surface area contributed by atoms with Crippen molar-refractivity contribution in [2.45, 2.75) is 26.3 Å². The molecular formula is C15H27N3O3S. The van der Waals surface area contributed by atoms with Crippen LogP contribution in [0.25, 0.3) is 0 Å². The third-order valence-corrected chi connectivity index (χ3v) is 5.14. The average molecular weight is 329 g/mol. The Balaban J connectivity index is 1.71. The van der Waals surface area contributed by atoms with Crippen LogP contribution in [0.1, 0.15) is 20.3 Å². The summed E-state index contributed by atoms with van der Waals surface area (Å²) in [5.41, 5.74) is 0. The zero-order chi connectivity index (χ0) is 15.9. The monoisotopic (exact) mass is 329 g/mol. The first-order valence-electron chi connectivity index (χ1n) is 8.08. The number of carbonyl (C=O) groups is 2. The van der Waals surface area contributed by atoms with Crippen LogP contribution in [0.15, 0.2) is 0 Å². The maximum Gasteiger partial charge on any atom is 0.281 e. The van der Waals surface area contributed by atoms with Crippen molar-refractivity contribution >= 4 is 22.9 Å². The average Bonchev–Trinajstić information content (AvgIpc) is 2.91. The van der Waals surface area contributed by atoms with Crippen molar-refractivity contribution in [1.82, 2.24) is 15.1 Å². The van der Waals surface area contributed by atoms with E-state index >= 15 is 0 Å². The van der Waals surface area contributed by atoms with Gasteiger partial charge in [-0.25, -0.2) is 0 Å². The molecule has 1 atom stereocenters. The molecule has 0 aliphatic carbocycles. The fourth-order valence-corrected chi connectivity index (χ4v) is 3.72. The molecule has 2 fully saturated rings.